The zero-order chi connectivity index (χ0) is 16.5. The molecule has 0 aliphatic heterocycles. The van der Waals surface area contributed by atoms with E-state index in [1.807, 2.05) is 72.9 Å². The van der Waals surface area contributed by atoms with E-state index in [0.717, 1.165) is 30.0 Å². The van der Waals surface area contributed by atoms with Crippen LogP contribution in [-0.4, -0.2) is 26.4 Å². The van der Waals surface area contributed by atoms with Crippen LogP contribution >= 0.6 is 0 Å². The molecule has 23 heavy (non-hydrogen) atoms. The van der Waals surface area contributed by atoms with Crippen LogP contribution in [0.4, 0.5) is 11.4 Å². The maximum Gasteiger partial charge on any atom is 0.0590 e. The third-order valence-electron chi connectivity index (χ3n) is 3.48. The van der Waals surface area contributed by atoms with Crippen molar-refractivity contribution in [3.63, 3.8) is 0 Å². The quantitative estimate of drug-likeness (QED) is 0.410. The first-order valence-electron chi connectivity index (χ1n) is 7.64. The van der Waals surface area contributed by atoms with Crippen LogP contribution < -0.4 is 9.91 Å². The van der Waals surface area contributed by atoms with Crippen molar-refractivity contribution in [2.24, 2.45) is 5.10 Å². The van der Waals surface area contributed by atoms with E-state index in [-0.39, 0.29) is 0 Å². The molecule has 2 aromatic rings. The zero-order valence-corrected chi connectivity index (χ0v) is 13.6. The number of rotatable bonds is 8. The standard InChI is InChI=1S/C20H23N3/c1-4-15-23(16-5-2)20-14-10-9-11-18(20)17-21-22(3)19-12-7-6-8-13-19/h4-14,17H,1-2,15-16H2,3H3. The molecule has 0 unspecified atom stereocenters. The molecule has 0 heterocycles. The van der Waals surface area contributed by atoms with Crippen molar-refractivity contribution in [2.75, 3.05) is 30.0 Å². The molecule has 0 bridgehead atoms. The van der Waals surface area contributed by atoms with Crippen molar-refractivity contribution in [1.29, 1.82) is 0 Å². The SMILES string of the molecule is C=CCN(CC=C)c1ccccc1C=NN(C)c1ccccc1. The molecule has 0 aliphatic rings. The Hall–Kier alpha value is -2.81. The number of hydrogen-bond acceptors (Lipinski definition) is 3. The van der Waals surface area contributed by atoms with Gasteiger partial charge < -0.3 is 4.90 Å². The van der Waals surface area contributed by atoms with Crippen LogP contribution in [0.15, 0.2) is 85.0 Å². The zero-order valence-electron chi connectivity index (χ0n) is 13.6. The number of hydrazone groups is 1. The minimum Gasteiger partial charge on any atom is -0.364 e. The lowest BCUT2D eigenvalue weighted by Gasteiger charge is -2.23. The van der Waals surface area contributed by atoms with Crippen molar-refractivity contribution >= 4 is 17.6 Å². The molecule has 0 spiro atoms. The maximum absolute atomic E-state index is 4.56. The highest BCUT2D eigenvalue weighted by molar-refractivity contribution is 5.88. The highest BCUT2D eigenvalue weighted by Crippen LogP contribution is 2.19. The summed E-state index contributed by atoms with van der Waals surface area (Å²) in [4.78, 5) is 2.21. The van der Waals surface area contributed by atoms with Crippen molar-refractivity contribution < 1.29 is 0 Å². The van der Waals surface area contributed by atoms with Crippen LogP contribution in [0.5, 0.6) is 0 Å². The Morgan fingerprint density at radius 1 is 0.913 bits per heavy atom. The molecule has 118 valence electrons. The molecule has 0 aliphatic carbocycles. The molecule has 0 saturated carbocycles. The molecule has 3 nitrogen and oxygen atoms in total. The molecule has 0 atom stereocenters. The Balaban J connectivity index is 2.24. The fourth-order valence-electron chi connectivity index (χ4n) is 2.33. The van der Waals surface area contributed by atoms with Crippen molar-refractivity contribution in [3.05, 3.63) is 85.5 Å². The maximum atomic E-state index is 4.56. The highest BCUT2D eigenvalue weighted by Gasteiger charge is 2.07. The van der Waals surface area contributed by atoms with Gasteiger partial charge in [-0.15, -0.1) is 13.2 Å². The lowest BCUT2D eigenvalue weighted by atomic mass is 10.1. The number of para-hydroxylation sites is 2. The topological polar surface area (TPSA) is 18.8 Å². The second-order valence-corrected chi connectivity index (χ2v) is 5.14. The normalized spacial score (nSPS) is 10.5. The smallest absolute Gasteiger partial charge is 0.0590 e. The van der Waals surface area contributed by atoms with Crippen LogP contribution in [0, 0.1) is 0 Å². The van der Waals surface area contributed by atoms with Crippen LogP contribution in [0.3, 0.4) is 0 Å². The van der Waals surface area contributed by atoms with E-state index < -0.39 is 0 Å². The average molecular weight is 305 g/mol. The van der Waals surface area contributed by atoms with Gasteiger partial charge in [0.2, 0.25) is 0 Å². The molecule has 0 radical (unpaired) electrons. The summed E-state index contributed by atoms with van der Waals surface area (Å²) in [5.74, 6) is 0. The third-order valence-corrected chi connectivity index (χ3v) is 3.48. The van der Waals surface area contributed by atoms with E-state index in [0.29, 0.717) is 0 Å². The average Bonchev–Trinajstić information content (AvgIpc) is 2.60. The molecule has 0 fully saturated rings. The van der Waals surface area contributed by atoms with Crippen LogP contribution in [0.2, 0.25) is 0 Å². The minimum atomic E-state index is 0.769. The first-order chi connectivity index (χ1) is 11.3. The largest absolute Gasteiger partial charge is 0.364 e. The van der Waals surface area contributed by atoms with Gasteiger partial charge in [0.1, 0.15) is 0 Å². The van der Waals surface area contributed by atoms with Gasteiger partial charge in [-0.2, -0.15) is 5.10 Å². The Bertz CT molecular complexity index is 652. The lowest BCUT2D eigenvalue weighted by molar-refractivity contribution is 0.954. The van der Waals surface area contributed by atoms with Gasteiger partial charge in [-0.05, 0) is 18.2 Å². The summed E-state index contributed by atoms with van der Waals surface area (Å²) in [6.45, 7) is 9.21. The number of anilines is 2. The van der Waals surface area contributed by atoms with Gasteiger partial charge in [-0.3, -0.25) is 5.01 Å². The summed E-state index contributed by atoms with van der Waals surface area (Å²) in [5.41, 5.74) is 3.24. The summed E-state index contributed by atoms with van der Waals surface area (Å²) in [5, 5.41) is 6.42. The second kappa shape index (κ2) is 8.59. The fraction of sp³-hybridized carbons (Fsp3) is 0.150. The number of hydrogen-bond donors (Lipinski definition) is 0. The van der Waals surface area contributed by atoms with Gasteiger partial charge in [0, 0.05) is 31.4 Å². The first-order valence-corrected chi connectivity index (χ1v) is 7.64. The van der Waals surface area contributed by atoms with Crippen LogP contribution in [-0.2, 0) is 0 Å². The molecule has 2 rings (SSSR count). The molecular weight excluding hydrogens is 282 g/mol. The predicted octanol–water partition coefficient (Wildman–Crippen LogP) is 4.34. The number of benzene rings is 2. The summed E-state index contributed by atoms with van der Waals surface area (Å²) < 4.78 is 0. The highest BCUT2D eigenvalue weighted by atomic mass is 15.4. The Morgan fingerprint density at radius 2 is 1.52 bits per heavy atom. The van der Waals surface area contributed by atoms with Gasteiger partial charge in [0.05, 0.1) is 11.9 Å². The first kappa shape index (κ1) is 16.6. The van der Waals surface area contributed by atoms with E-state index >= 15 is 0 Å². The van der Waals surface area contributed by atoms with Gasteiger partial charge >= 0.3 is 0 Å². The number of nitrogens with zero attached hydrogens (tertiary/aromatic N) is 3. The predicted molar refractivity (Wildman–Crippen MR) is 101 cm³/mol. The van der Waals surface area contributed by atoms with Crippen molar-refractivity contribution in [1.82, 2.24) is 0 Å². The summed E-state index contributed by atoms with van der Waals surface area (Å²) in [6.07, 6.45) is 5.68. The van der Waals surface area contributed by atoms with Gasteiger partial charge in [-0.25, -0.2) is 0 Å². The van der Waals surface area contributed by atoms with Gasteiger partial charge in [-0.1, -0.05) is 48.6 Å². The fourth-order valence-corrected chi connectivity index (χ4v) is 2.33. The van der Waals surface area contributed by atoms with Gasteiger partial charge in [0.25, 0.3) is 0 Å². The molecule has 0 saturated heterocycles. The van der Waals surface area contributed by atoms with Crippen molar-refractivity contribution in [2.45, 2.75) is 0 Å². The monoisotopic (exact) mass is 305 g/mol. The molecule has 0 amide bonds. The Labute approximate surface area is 138 Å². The Morgan fingerprint density at radius 3 is 2.17 bits per heavy atom. The van der Waals surface area contributed by atoms with Gasteiger partial charge in [0.15, 0.2) is 0 Å². The molecule has 2 aromatic carbocycles. The van der Waals surface area contributed by atoms with Crippen molar-refractivity contribution in [3.8, 4) is 0 Å². The van der Waals surface area contributed by atoms with E-state index in [1.54, 1.807) is 0 Å². The van der Waals surface area contributed by atoms with Crippen LogP contribution in [0.25, 0.3) is 0 Å². The molecular formula is C20H23N3. The Kier molecular flexibility index (Phi) is 6.18. The molecule has 0 N–H and O–H groups in total. The molecule has 0 aromatic heterocycles. The third kappa shape index (κ3) is 4.58. The molecule has 3 heteroatoms. The van der Waals surface area contributed by atoms with E-state index in [4.69, 9.17) is 0 Å². The lowest BCUT2D eigenvalue weighted by Crippen LogP contribution is -2.24. The van der Waals surface area contributed by atoms with Crippen LogP contribution in [0.1, 0.15) is 5.56 Å². The summed E-state index contributed by atoms with van der Waals surface area (Å²) in [6, 6.07) is 18.3. The summed E-state index contributed by atoms with van der Waals surface area (Å²) in [7, 11) is 1.94. The second-order valence-electron chi connectivity index (χ2n) is 5.14. The van der Waals surface area contributed by atoms with E-state index in [1.165, 1.54) is 0 Å². The van der Waals surface area contributed by atoms with E-state index in [2.05, 4.69) is 35.3 Å². The minimum absolute atomic E-state index is 0.769. The van der Waals surface area contributed by atoms with E-state index in [9.17, 15) is 0 Å². The summed E-state index contributed by atoms with van der Waals surface area (Å²) >= 11 is 0.